The minimum Gasteiger partial charge on any atom is -0.444 e. The van der Waals surface area contributed by atoms with E-state index in [-0.39, 0.29) is 29.1 Å². The fraction of sp³-hybridized carbons (Fsp3) is 0.714. The lowest BCUT2D eigenvalue weighted by molar-refractivity contribution is 0.0210. The molecule has 8 heteroatoms. The Morgan fingerprint density at radius 3 is 1.94 bits per heavy atom. The molecule has 1 aliphatic rings. The molecule has 0 bridgehead atoms. The number of amides is 2. The largest absolute Gasteiger partial charge is 0.444 e. The monoisotopic (exact) mass is 524 g/mol. The number of benzene rings is 1. The van der Waals surface area contributed by atoms with Crippen molar-refractivity contribution in [3.8, 4) is 0 Å². The van der Waals surface area contributed by atoms with Gasteiger partial charge in [0, 0.05) is 24.8 Å². The number of rotatable bonds is 5. The van der Waals surface area contributed by atoms with Gasteiger partial charge in [0.25, 0.3) is 0 Å². The third kappa shape index (κ3) is 8.58. The van der Waals surface area contributed by atoms with Crippen LogP contribution in [0.1, 0.15) is 85.9 Å². The summed E-state index contributed by atoms with van der Waals surface area (Å²) < 4.78 is 17.9. The van der Waals surface area contributed by atoms with Crippen LogP contribution in [0, 0.1) is 0 Å². The summed E-state index contributed by atoms with van der Waals surface area (Å²) in [4.78, 5) is 28.8. The molecule has 1 fully saturated rings. The molecule has 0 saturated carbocycles. The molecule has 2 rings (SSSR count). The summed E-state index contributed by atoms with van der Waals surface area (Å²) >= 11 is 0. The number of hydrogen-bond acceptors (Lipinski definition) is 5. The molecule has 2 atom stereocenters. The molecule has 1 aromatic carbocycles. The van der Waals surface area contributed by atoms with E-state index in [1.165, 1.54) is 0 Å². The number of ether oxygens (including phenoxy) is 2. The van der Waals surface area contributed by atoms with Crippen molar-refractivity contribution < 1.29 is 23.2 Å². The van der Waals surface area contributed by atoms with E-state index in [1.54, 1.807) is 16.8 Å². The average Bonchev–Trinajstić information content (AvgIpc) is 3.08. The molecule has 1 heterocycles. The minimum absolute atomic E-state index is 0.0314. The molecule has 0 aromatic heterocycles. The highest BCUT2D eigenvalue weighted by molar-refractivity contribution is 8.29. The van der Waals surface area contributed by atoms with E-state index in [9.17, 15) is 9.59 Å². The minimum atomic E-state index is -1.34. The highest BCUT2D eigenvalue weighted by atomic mass is 32.3. The Morgan fingerprint density at radius 2 is 1.47 bits per heavy atom. The lowest BCUT2D eigenvalue weighted by atomic mass is 10.0. The molecule has 0 radical (unpaired) electrons. The van der Waals surface area contributed by atoms with Crippen molar-refractivity contribution in [3.05, 3.63) is 35.4 Å². The van der Waals surface area contributed by atoms with Gasteiger partial charge in [0.05, 0.1) is 18.7 Å². The van der Waals surface area contributed by atoms with E-state index in [0.717, 1.165) is 11.1 Å². The standard InChI is InChI=1S/C28H48N2O5S/c1-26(2,3)33-24(31)29(10)18-20-13-15-21(16-14-20)23-17-22(35-36(11,12)28(7,8)9)19-30(23)25(32)34-27(4,5)6/h13-16,22-23H,17-19H2,1-12H3/t22-,23-/m1/s1. The smallest absolute Gasteiger partial charge is 0.410 e. The first kappa shape index (κ1) is 30.3. The van der Waals surface area contributed by atoms with Crippen molar-refractivity contribution in [3.63, 3.8) is 0 Å². The summed E-state index contributed by atoms with van der Waals surface area (Å²) in [5, 5.41) is 0. The lowest BCUT2D eigenvalue weighted by Crippen LogP contribution is -2.37. The van der Waals surface area contributed by atoms with Crippen molar-refractivity contribution >= 4 is 22.5 Å². The van der Waals surface area contributed by atoms with E-state index in [4.69, 9.17) is 13.7 Å². The van der Waals surface area contributed by atoms with E-state index in [1.807, 2.05) is 65.8 Å². The third-order valence-electron chi connectivity index (χ3n) is 6.23. The molecule has 206 valence electrons. The quantitative estimate of drug-likeness (QED) is 0.419. The molecule has 2 amide bonds. The maximum atomic E-state index is 13.2. The van der Waals surface area contributed by atoms with Crippen LogP contribution in [-0.4, -0.2) is 70.1 Å². The molecule has 0 spiro atoms. The van der Waals surface area contributed by atoms with Gasteiger partial charge in [0.1, 0.15) is 11.2 Å². The summed E-state index contributed by atoms with van der Waals surface area (Å²) in [6.07, 6.45) is 4.34. The number of nitrogens with zero attached hydrogens (tertiary/aromatic N) is 2. The van der Waals surface area contributed by atoms with Gasteiger partial charge in [0.2, 0.25) is 0 Å². The van der Waals surface area contributed by atoms with E-state index >= 15 is 0 Å². The highest BCUT2D eigenvalue weighted by Crippen LogP contribution is 2.56. The summed E-state index contributed by atoms with van der Waals surface area (Å²) in [7, 11) is 0.386. The molecule has 1 aromatic rings. The second-order valence-electron chi connectivity index (χ2n) is 13.0. The van der Waals surface area contributed by atoms with Gasteiger partial charge in [-0.3, -0.25) is 4.90 Å². The maximum Gasteiger partial charge on any atom is 0.410 e. The zero-order valence-corrected chi connectivity index (χ0v) is 25.2. The topological polar surface area (TPSA) is 68.3 Å². The first-order valence-corrected chi connectivity index (χ1v) is 15.0. The first-order valence-electron chi connectivity index (χ1n) is 12.6. The Balaban J connectivity index is 2.21. The molecule has 36 heavy (non-hydrogen) atoms. The van der Waals surface area contributed by atoms with Crippen LogP contribution in [0.5, 0.6) is 0 Å². The van der Waals surface area contributed by atoms with Crippen LogP contribution in [0.15, 0.2) is 24.3 Å². The Bertz CT molecular complexity index is 910. The van der Waals surface area contributed by atoms with Crippen LogP contribution in [0.3, 0.4) is 0 Å². The van der Waals surface area contributed by atoms with Crippen molar-refractivity contribution in [1.82, 2.24) is 9.80 Å². The molecule has 0 N–H and O–H groups in total. The van der Waals surface area contributed by atoms with Crippen molar-refractivity contribution in [2.75, 3.05) is 26.1 Å². The van der Waals surface area contributed by atoms with Crippen LogP contribution < -0.4 is 0 Å². The summed E-state index contributed by atoms with van der Waals surface area (Å²) in [6.45, 7) is 18.7. The normalized spacial score (nSPS) is 19.7. The van der Waals surface area contributed by atoms with Gasteiger partial charge in [0.15, 0.2) is 0 Å². The second kappa shape index (κ2) is 10.8. The number of hydrogen-bond donors (Lipinski definition) is 0. The third-order valence-corrected chi connectivity index (χ3v) is 9.93. The molecule has 7 nitrogen and oxygen atoms in total. The molecule has 1 saturated heterocycles. The van der Waals surface area contributed by atoms with E-state index in [2.05, 4.69) is 33.3 Å². The van der Waals surface area contributed by atoms with Crippen LogP contribution in [0.2, 0.25) is 0 Å². The van der Waals surface area contributed by atoms with Gasteiger partial charge in [-0.1, -0.05) is 45.0 Å². The van der Waals surface area contributed by atoms with Crippen molar-refractivity contribution in [2.45, 2.75) is 103 Å². The van der Waals surface area contributed by atoms with Gasteiger partial charge >= 0.3 is 12.2 Å². The van der Waals surface area contributed by atoms with Crippen molar-refractivity contribution in [1.29, 1.82) is 0 Å². The number of likely N-dealkylation sites (tertiary alicyclic amines) is 1. The summed E-state index contributed by atoms with van der Waals surface area (Å²) in [5.41, 5.74) is 0.899. The van der Waals surface area contributed by atoms with Crippen LogP contribution >= 0.6 is 10.3 Å². The number of carbonyl (C=O) groups excluding carboxylic acids is 2. The van der Waals surface area contributed by atoms with E-state index < -0.39 is 21.5 Å². The van der Waals surface area contributed by atoms with Crippen LogP contribution in [-0.2, 0) is 20.2 Å². The number of carbonyl (C=O) groups is 2. The zero-order chi connectivity index (χ0) is 27.7. The SMILES string of the molecule is CN(Cc1ccc([C@H]2C[C@@H](OS(C)(C)C(C)(C)C)CN2C(=O)OC(C)(C)C)cc1)C(=O)OC(C)(C)C. The summed E-state index contributed by atoms with van der Waals surface area (Å²) in [5.74, 6) is 0. The summed E-state index contributed by atoms with van der Waals surface area (Å²) in [6, 6.07) is 7.93. The molecule has 0 aliphatic carbocycles. The van der Waals surface area contributed by atoms with Crippen LogP contribution in [0.25, 0.3) is 0 Å². The Morgan fingerprint density at radius 1 is 0.944 bits per heavy atom. The van der Waals surface area contributed by atoms with E-state index in [0.29, 0.717) is 19.5 Å². The zero-order valence-electron chi connectivity index (χ0n) is 24.4. The molecule has 1 aliphatic heterocycles. The molecular weight excluding hydrogens is 476 g/mol. The molecule has 0 unspecified atom stereocenters. The van der Waals surface area contributed by atoms with Gasteiger partial charge in [-0.25, -0.2) is 9.59 Å². The average molecular weight is 525 g/mol. The van der Waals surface area contributed by atoms with Crippen LogP contribution in [0.4, 0.5) is 9.59 Å². The Labute approximate surface area is 220 Å². The Kier molecular flexibility index (Phi) is 9.10. The predicted molar refractivity (Wildman–Crippen MR) is 149 cm³/mol. The lowest BCUT2D eigenvalue weighted by Gasteiger charge is -2.45. The predicted octanol–water partition coefficient (Wildman–Crippen LogP) is 6.90. The Hall–Kier alpha value is -1.93. The van der Waals surface area contributed by atoms with Crippen molar-refractivity contribution in [2.24, 2.45) is 0 Å². The molecular formula is C28H48N2O5S. The second-order valence-corrected chi connectivity index (χ2v) is 16.9. The van der Waals surface area contributed by atoms with Gasteiger partial charge < -0.3 is 18.6 Å². The van der Waals surface area contributed by atoms with Gasteiger partial charge in [-0.15, -0.1) is 10.3 Å². The van der Waals surface area contributed by atoms with Gasteiger partial charge in [-0.05, 0) is 65.2 Å². The maximum absolute atomic E-state index is 13.2. The van der Waals surface area contributed by atoms with Gasteiger partial charge in [-0.2, -0.15) is 0 Å². The fourth-order valence-corrected chi connectivity index (χ4v) is 4.82. The highest BCUT2D eigenvalue weighted by Gasteiger charge is 2.42. The first-order chi connectivity index (χ1) is 16.2. The fourth-order valence-electron chi connectivity index (χ4n) is 3.71.